The fraction of sp³-hybridized carbons (Fsp3) is 0.583. The van der Waals surface area contributed by atoms with Crippen molar-refractivity contribution in [2.75, 3.05) is 13.2 Å². The van der Waals surface area contributed by atoms with Crippen molar-refractivity contribution in [3.63, 3.8) is 0 Å². The molecule has 2 rings (SSSR count). The van der Waals surface area contributed by atoms with Crippen LogP contribution in [0.1, 0.15) is 29.7 Å². The van der Waals surface area contributed by atoms with Crippen molar-refractivity contribution in [1.82, 2.24) is 4.90 Å². The summed E-state index contributed by atoms with van der Waals surface area (Å²) in [5.41, 5.74) is 0. The van der Waals surface area contributed by atoms with Gasteiger partial charge < -0.3 is 14.4 Å². The number of amides is 1. The van der Waals surface area contributed by atoms with Crippen LogP contribution in [0.2, 0.25) is 0 Å². The Labute approximate surface area is 94.9 Å². The van der Waals surface area contributed by atoms with Crippen molar-refractivity contribution in [3.05, 3.63) is 23.7 Å². The molecule has 0 bridgehead atoms. The molecule has 1 saturated heterocycles. The van der Waals surface area contributed by atoms with Crippen molar-refractivity contribution < 1.29 is 14.3 Å². The Morgan fingerprint density at radius 3 is 2.94 bits per heavy atom. The lowest BCUT2D eigenvalue weighted by Gasteiger charge is -2.24. The molecule has 1 aliphatic heterocycles. The SMILES string of the molecule is Cc1ccc(C(=O)N2CCC(C)C2CO)o1. The van der Waals surface area contributed by atoms with E-state index in [1.165, 1.54) is 0 Å². The maximum Gasteiger partial charge on any atom is 0.289 e. The van der Waals surface area contributed by atoms with Crippen LogP contribution < -0.4 is 0 Å². The topological polar surface area (TPSA) is 53.7 Å². The lowest BCUT2D eigenvalue weighted by Crippen LogP contribution is -2.39. The molecule has 2 heterocycles. The summed E-state index contributed by atoms with van der Waals surface area (Å²) in [6.45, 7) is 4.59. The number of aliphatic hydroxyl groups excluding tert-OH is 1. The van der Waals surface area contributed by atoms with Gasteiger partial charge in [-0.2, -0.15) is 0 Å². The molecule has 1 fully saturated rings. The molecule has 0 spiro atoms. The highest BCUT2D eigenvalue weighted by molar-refractivity contribution is 5.92. The minimum absolute atomic E-state index is 0.0204. The van der Waals surface area contributed by atoms with Crippen LogP contribution in [0.15, 0.2) is 16.5 Å². The lowest BCUT2D eigenvalue weighted by molar-refractivity contribution is 0.0616. The van der Waals surface area contributed by atoms with Crippen LogP contribution in [0, 0.1) is 12.8 Å². The molecule has 88 valence electrons. The van der Waals surface area contributed by atoms with Gasteiger partial charge in [0.25, 0.3) is 5.91 Å². The number of aryl methyl sites for hydroxylation is 1. The monoisotopic (exact) mass is 223 g/mol. The Bertz CT molecular complexity index is 385. The zero-order chi connectivity index (χ0) is 11.7. The van der Waals surface area contributed by atoms with Crippen molar-refractivity contribution in [2.24, 2.45) is 5.92 Å². The molecule has 4 heteroatoms. The molecule has 2 unspecified atom stereocenters. The highest BCUT2D eigenvalue weighted by Crippen LogP contribution is 2.25. The fourth-order valence-electron chi connectivity index (χ4n) is 2.23. The maximum absolute atomic E-state index is 12.1. The zero-order valence-electron chi connectivity index (χ0n) is 9.64. The molecular weight excluding hydrogens is 206 g/mol. The molecule has 0 aliphatic carbocycles. The van der Waals surface area contributed by atoms with Gasteiger partial charge in [-0.3, -0.25) is 4.79 Å². The van der Waals surface area contributed by atoms with E-state index in [2.05, 4.69) is 6.92 Å². The summed E-state index contributed by atoms with van der Waals surface area (Å²) in [7, 11) is 0. The van der Waals surface area contributed by atoms with E-state index in [-0.39, 0.29) is 18.6 Å². The number of nitrogens with zero attached hydrogens (tertiary/aromatic N) is 1. The minimum atomic E-state index is -0.114. The molecule has 0 radical (unpaired) electrons. The molecule has 1 aliphatic rings. The van der Waals surface area contributed by atoms with Gasteiger partial charge in [0.2, 0.25) is 0 Å². The van der Waals surface area contributed by atoms with Crippen molar-refractivity contribution >= 4 is 5.91 Å². The summed E-state index contributed by atoms with van der Waals surface area (Å²) in [5.74, 6) is 1.34. The molecular formula is C12H17NO3. The largest absolute Gasteiger partial charge is 0.456 e. The smallest absolute Gasteiger partial charge is 0.289 e. The number of hydrogen-bond donors (Lipinski definition) is 1. The van der Waals surface area contributed by atoms with Crippen LogP contribution in [0.5, 0.6) is 0 Å². The Hall–Kier alpha value is -1.29. The predicted octanol–water partition coefficient (Wildman–Crippen LogP) is 1.43. The highest BCUT2D eigenvalue weighted by Gasteiger charge is 2.35. The lowest BCUT2D eigenvalue weighted by atomic mass is 10.0. The first-order chi connectivity index (χ1) is 7.63. The Kier molecular flexibility index (Phi) is 3.01. The van der Waals surface area contributed by atoms with E-state index >= 15 is 0 Å². The van der Waals surface area contributed by atoms with Gasteiger partial charge in [-0.05, 0) is 31.4 Å². The second-order valence-electron chi connectivity index (χ2n) is 4.42. The first-order valence-electron chi connectivity index (χ1n) is 5.61. The van der Waals surface area contributed by atoms with Crippen LogP contribution >= 0.6 is 0 Å². The molecule has 1 aromatic heterocycles. The standard InChI is InChI=1S/C12H17NO3/c1-8-5-6-13(10(8)7-14)12(15)11-4-3-9(2)16-11/h3-4,8,10,14H,5-7H2,1-2H3. The van der Waals surface area contributed by atoms with Gasteiger partial charge in [0.05, 0.1) is 12.6 Å². The Balaban J connectivity index is 2.16. The molecule has 16 heavy (non-hydrogen) atoms. The van der Waals surface area contributed by atoms with Gasteiger partial charge in [-0.15, -0.1) is 0 Å². The van der Waals surface area contributed by atoms with E-state index in [0.717, 1.165) is 12.2 Å². The quantitative estimate of drug-likeness (QED) is 0.825. The Morgan fingerprint density at radius 2 is 2.38 bits per heavy atom. The summed E-state index contributed by atoms with van der Waals surface area (Å²) >= 11 is 0. The number of hydrogen-bond acceptors (Lipinski definition) is 3. The van der Waals surface area contributed by atoms with E-state index in [4.69, 9.17) is 4.42 Å². The molecule has 1 aromatic rings. The molecule has 1 N–H and O–H groups in total. The van der Waals surface area contributed by atoms with Gasteiger partial charge in [0, 0.05) is 6.54 Å². The van der Waals surface area contributed by atoms with Gasteiger partial charge in [-0.1, -0.05) is 6.92 Å². The first kappa shape index (κ1) is 11.2. The summed E-state index contributed by atoms with van der Waals surface area (Å²) in [4.78, 5) is 13.8. The number of aliphatic hydroxyl groups is 1. The summed E-state index contributed by atoms with van der Waals surface area (Å²) in [6.07, 6.45) is 0.941. The van der Waals surface area contributed by atoms with E-state index in [0.29, 0.717) is 18.2 Å². The van der Waals surface area contributed by atoms with Gasteiger partial charge >= 0.3 is 0 Å². The second kappa shape index (κ2) is 4.29. The summed E-state index contributed by atoms with van der Waals surface area (Å²) < 4.78 is 5.31. The maximum atomic E-state index is 12.1. The third kappa shape index (κ3) is 1.85. The number of carbonyl (C=O) groups excluding carboxylic acids is 1. The van der Waals surface area contributed by atoms with Crippen molar-refractivity contribution in [1.29, 1.82) is 0 Å². The second-order valence-corrected chi connectivity index (χ2v) is 4.42. The summed E-state index contributed by atoms with van der Waals surface area (Å²) in [5, 5.41) is 9.28. The predicted molar refractivity (Wildman–Crippen MR) is 59.1 cm³/mol. The first-order valence-corrected chi connectivity index (χ1v) is 5.61. The van der Waals surface area contributed by atoms with Gasteiger partial charge in [0.15, 0.2) is 5.76 Å². The van der Waals surface area contributed by atoms with E-state index in [1.807, 2.05) is 6.92 Å². The average molecular weight is 223 g/mol. The minimum Gasteiger partial charge on any atom is -0.456 e. The van der Waals surface area contributed by atoms with Crippen LogP contribution in [0.4, 0.5) is 0 Å². The highest BCUT2D eigenvalue weighted by atomic mass is 16.3. The third-order valence-electron chi connectivity index (χ3n) is 3.28. The van der Waals surface area contributed by atoms with Gasteiger partial charge in [0.1, 0.15) is 5.76 Å². The van der Waals surface area contributed by atoms with E-state index < -0.39 is 0 Å². The van der Waals surface area contributed by atoms with Crippen LogP contribution in [-0.4, -0.2) is 35.1 Å². The number of furan rings is 1. The molecule has 0 saturated carbocycles. The molecule has 0 aromatic carbocycles. The van der Waals surface area contributed by atoms with Gasteiger partial charge in [-0.25, -0.2) is 0 Å². The van der Waals surface area contributed by atoms with Crippen molar-refractivity contribution in [2.45, 2.75) is 26.3 Å². The average Bonchev–Trinajstić information content (AvgIpc) is 2.83. The fourth-order valence-corrected chi connectivity index (χ4v) is 2.23. The van der Waals surface area contributed by atoms with Crippen LogP contribution in [0.25, 0.3) is 0 Å². The number of rotatable bonds is 2. The van der Waals surface area contributed by atoms with E-state index in [1.54, 1.807) is 17.0 Å². The van der Waals surface area contributed by atoms with Crippen LogP contribution in [-0.2, 0) is 0 Å². The molecule has 2 atom stereocenters. The normalized spacial score (nSPS) is 25.1. The van der Waals surface area contributed by atoms with Crippen LogP contribution in [0.3, 0.4) is 0 Å². The van der Waals surface area contributed by atoms with E-state index in [9.17, 15) is 9.90 Å². The molecule has 1 amide bonds. The number of likely N-dealkylation sites (tertiary alicyclic amines) is 1. The summed E-state index contributed by atoms with van der Waals surface area (Å²) in [6, 6.07) is 3.40. The molecule has 4 nitrogen and oxygen atoms in total. The Morgan fingerprint density at radius 1 is 1.62 bits per heavy atom. The third-order valence-corrected chi connectivity index (χ3v) is 3.28. The van der Waals surface area contributed by atoms with Crippen molar-refractivity contribution in [3.8, 4) is 0 Å². The zero-order valence-corrected chi connectivity index (χ0v) is 9.64. The number of carbonyl (C=O) groups is 1.